The Kier molecular flexibility index (Phi) is 8.44. The lowest BCUT2D eigenvalue weighted by Gasteiger charge is -2.31. The Morgan fingerprint density at radius 1 is 1.29 bits per heavy atom. The molecule has 0 heterocycles. The molecule has 120 valence electrons. The summed E-state index contributed by atoms with van der Waals surface area (Å²) in [5, 5.41) is 2.90. The van der Waals surface area contributed by atoms with Gasteiger partial charge in [0.2, 0.25) is 5.91 Å². The molecule has 0 aliphatic carbocycles. The minimum absolute atomic E-state index is 0. The number of nitrogens with two attached hydrogens (primary N) is 1. The fraction of sp³-hybridized carbons (Fsp3) is 0.533. The zero-order chi connectivity index (χ0) is 15.2. The van der Waals surface area contributed by atoms with E-state index in [1.807, 2.05) is 13.8 Å². The first kappa shape index (κ1) is 19.8. The van der Waals surface area contributed by atoms with E-state index in [4.69, 9.17) is 5.73 Å². The van der Waals surface area contributed by atoms with Gasteiger partial charge in [0.25, 0.3) is 0 Å². The first-order valence-electron chi connectivity index (χ1n) is 6.91. The van der Waals surface area contributed by atoms with Gasteiger partial charge in [0.1, 0.15) is 11.6 Å². The van der Waals surface area contributed by atoms with Crippen molar-refractivity contribution in [1.29, 1.82) is 0 Å². The Labute approximate surface area is 130 Å². The van der Waals surface area contributed by atoms with Crippen LogP contribution >= 0.6 is 12.4 Å². The summed E-state index contributed by atoms with van der Waals surface area (Å²) in [5.41, 5.74) is 5.51. The van der Waals surface area contributed by atoms with Gasteiger partial charge in [-0.1, -0.05) is 13.8 Å². The van der Waals surface area contributed by atoms with E-state index in [0.29, 0.717) is 6.54 Å². The molecule has 1 rings (SSSR count). The van der Waals surface area contributed by atoms with E-state index in [2.05, 4.69) is 5.32 Å². The third-order valence-corrected chi connectivity index (χ3v) is 3.78. The zero-order valence-electron chi connectivity index (χ0n) is 12.4. The van der Waals surface area contributed by atoms with Crippen LogP contribution in [0.1, 0.15) is 38.7 Å². The van der Waals surface area contributed by atoms with Gasteiger partial charge in [-0.05, 0) is 43.0 Å². The maximum Gasteiger partial charge on any atom is 0.220 e. The summed E-state index contributed by atoms with van der Waals surface area (Å²) in [5.74, 6) is -1.18. The van der Waals surface area contributed by atoms with Crippen LogP contribution in [0.3, 0.4) is 0 Å². The maximum atomic E-state index is 13.4. The Morgan fingerprint density at radius 3 is 2.43 bits per heavy atom. The molecule has 0 saturated heterocycles. The van der Waals surface area contributed by atoms with Crippen LogP contribution in [-0.4, -0.2) is 18.0 Å². The average Bonchev–Trinajstić information content (AvgIpc) is 2.46. The van der Waals surface area contributed by atoms with Gasteiger partial charge in [-0.25, -0.2) is 8.78 Å². The van der Waals surface area contributed by atoms with Gasteiger partial charge in [-0.2, -0.15) is 0 Å². The molecule has 1 aromatic rings. The molecule has 3 N–H and O–H groups in total. The number of carbonyl (C=O) groups excluding carboxylic acids is 1. The van der Waals surface area contributed by atoms with E-state index < -0.39 is 17.2 Å². The van der Waals surface area contributed by atoms with Gasteiger partial charge in [0.15, 0.2) is 0 Å². The molecule has 1 aromatic carbocycles. The monoisotopic (exact) mass is 320 g/mol. The topological polar surface area (TPSA) is 55.1 Å². The number of benzene rings is 1. The highest BCUT2D eigenvalue weighted by atomic mass is 35.5. The summed E-state index contributed by atoms with van der Waals surface area (Å²) in [7, 11) is 0. The number of rotatable bonds is 7. The third-order valence-electron chi connectivity index (χ3n) is 3.78. The predicted octanol–water partition coefficient (Wildman–Crippen LogP) is 2.95. The van der Waals surface area contributed by atoms with Crippen molar-refractivity contribution in [2.75, 3.05) is 6.54 Å². The number of nitrogens with one attached hydrogen (secondary N) is 1. The van der Waals surface area contributed by atoms with Gasteiger partial charge < -0.3 is 11.1 Å². The number of carbonyl (C=O) groups is 1. The highest BCUT2D eigenvalue weighted by molar-refractivity contribution is 5.85. The molecular formula is C15H23ClF2N2O. The van der Waals surface area contributed by atoms with Crippen molar-refractivity contribution in [3.63, 3.8) is 0 Å². The Bertz CT molecular complexity index is 457. The van der Waals surface area contributed by atoms with E-state index in [0.717, 1.165) is 31.0 Å². The Hall–Kier alpha value is -1.20. The van der Waals surface area contributed by atoms with Crippen LogP contribution in [0, 0.1) is 11.6 Å². The number of hydrogen-bond donors (Lipinski definition) is 2. The van der Waals surface area contributed by atoms with Crippen LogP contribution in [0.25, 0.3) is 0 Å². The number of halogens is 3. The molecule has 0 spiro atoms. The average molecular weight is 321 g/mol. The molecule has 0 radical (unpaired) electrons. The van der Waals surface area contributed by atoms with Crippen LogP contribution in [0.4, 0.5) is 8.78 Å². The predicted molar refractivity (Wildman–Crippen MR) is 82.4 cm³/mol. The highest BCUT2D eigenvalue weighted by Crippen LogP contribution is 2.15. The van der Waals surface area contributed by atoms with Gasteiger partial charge in [-0.15, -0.1) is 12.4 Å². The number of hydrogen-bond acceptors (Lipinski definition) is 2. The van der Waals surface area contributed by atoms with Crippen molar-refractivity contribution in [3.8, 4) is 0 Å². The van der Waals surface area contributed by atoms with Gasteiger partial charge in [0.05, 0.1) is 5.54 Å². The molecule has 3 nitrogen and oxygen atoms in total. The summed E-state index contributed by atoms with van der Waals surface area (Å²) >= 11 is 0. The molecule has 21 heavy (non-hydrogen) atoms. The zero-order valence-corrected chi connectivity index (χ0v) is 13.2. The first-order chi connectivity index (χ1) is 9.46. The molecule has 0 unspecified atom stereocenters. The van der Waals surface area contributed by atoms with E-state index >= 15 is 0 Å². The molecule has 1 amide bonds. The molecule has 0 atom stereocenters. The smallest absolute Gasteiger partial charge is 0.220 e. The summed E-state index contributed by atoms with van der Waals surface area (Å²) < 4.78 is 26.5. The van der Waals surface area contributed by atoms with Crippen molar-refractivity contribution in [2.24, 2.45) is 5.73 Å². The van der Waals surface area contributed by atoms with Crippen LogP contribution in [0.5, 0.6) is 0 Å². The minimum atomic E-state index is -0.500. The molecule has 0 bridgehead atoms. The van der Waals surface area contributed by atoms with Gasteiger partial charge in [-0.3, -0.25) is 4.79 Å². The second kappa shape index (κ2) is 8.95. The van der Waals surface area contributed by atoms with E-state index in [1.54, 1.807) is 0 Å². The molecule has 0 saturated carbocycles. The normalized spacial score (nSPS) is 10.9. The fourth-order valence-electron chi connectivity index (χ4n) is 2.11. The lowest BCUT2D eigenvalue weighted by atomic mass is 9.92. The van der Waals surface area contributed by atoms with Crippen molar-refractivity contribution < 1.29 is 13.6 Å². The van der Waals surface area contributed by atoms with Gasteiger partial charge >= 0.3 is 0 Å². The number of amides is 1. The summed E-state index contributed by atoms with van der Waals surface area (Å²) in [4.78, 5) is 11.9. The second-order valence-corrected chi connectivity index (χ2v) is 4.98. The van der Waals surface area contributed by atoms with Crippen molar-refractivity contribution in [2.45, 2.75) is 45.1 Å². The number of aryl methyl sites for hydroxylation is 1. The maximum absolute atomic E-state index is 13.4. The van der Waals surface area contributed by atoms with Crippen LogP contribution in [0.15, 0.2) is 18.2 Å². The minimum Gasteiger partial charge on any atom is -0.349 e. The first-order valence-corrected chi connectivity index (χ1v) is 6.91. The van der Waals surface area contributed by atoms with Gasteiger partial charge in [0, 0.05) is 13.0 Å². The van der Waals surface area contributed by atoms with Crippen LogP contribution < -0.4 is 11.1 Å². The summed E-state index contributed by atoms with van der Waals surface area (Å²) in [6.45, 7) is 4.28. The third kappa shape index (κ3) is 5.59. The van der Waals surface area contributed by atoms with Crippen LogP contribution in [0.2, 0.25) is 0 Å². The molecule has 0 fully saturated rings. The van der Waals surface area contributed by atoms with Crippen LogP contribution in [-0.2, 0) is 11.2 Å². The lowest BCUT2D eigenvalue weighted by Crippen LogP contribution is -2.52. The highest BCUT2D eigenvalue weighted by Gasteiger charge is 2.26. The standard InChI is InChI=1S/C15H22F2N2O.ClH/c1-3-15(4-2,10-18)19-14(20)8-5-11-9-12(16)6-7-13(11)17;/h6-7,9H,3-5,8,10,18H2,1-2H3,(H,19,20);1H. The van der Waals surface area contributed by atoms with Crippen molar-refractivity contribution >= 4 is 18.3 Å². The summed E-state index contributed by atoms with van der Waals surface area (Å²) in [6, 6.07) is 3.26. The Morgan fingerprint density at radius 2 is 1.90 bits per heavy atom. The quantitative estimate of drug-likeness (QED) is 0.811. The largest absolute Gasteiger partial charge is 0.349 e. The van der Waals surface area contributed by atoms with E-state index in [1.165, 1.54) is 0 Å². The van der Waals surface area contributed by atoms with Crippen molar-refractivity contribution in [1.82, 2.24) is 5.32 Å². The molecule has 0 aliphatic heterocycles. The Balaban J connectivity index is 0.00000400. The van der Waals surface area contributed by atoms with Crippen molar-refractivity contribution in [3.05, 3.63) is 35.4 Å². The molecule has 0 aromatic heterocycles. The second-order valence-electron chi connectivity index (χ2n) is 4.98. The fourth-order valence-corrected chi connectivity index (χ4v) is 2.11. The van der Waals surface area contributed by atoms with E-state index in [-0.39, 0.29) is 36.7 Å². The molecule has 0 aliphatic rings. The SMILES string of the molecule is CCC(CC)(CN)NC(=O)CCc1cc(F)ccc1F.Cl. The lowest BCUT2D eigenvalue weighted by molar-refractivity contribution is -0.123. The molecular weight excluding hydrogens is 298 g/mol. The van der Waals surface area contributed by atoms with E-state index in [9.17, 15) is 13.6 Å². The molecule has 6 heteroatoms. The summed E-state index contributed by atoms with van der Waals surface area (Å²) in [6.07, 6.45) is 1.76.